The minimum absolute atomic E-state index is 0.197. The molecule has 1 amide bonds. The summed E-state index contributed by atoms with van der Waals surface area (Å²) in [5.41, 5.74) is 1.55. The number of halogens is 2. The first-order chi connectivity index (χ1) is 8.60. The van der Waals surface area contributed by atoms with Crippen LogP contribution in [0.5, 0.6) is 0 Å². The Balaban J connectivity index is 2.19. The van der Waals surface area contributed by atoms with Gasteiger partial charge in [-0.15, -0.1) is 0 Å². The minimum atomic E-state index is -0.197. The van der Waals surface area contributed by atoms with Crippen LogP contribution in [0.1, 0.15) is 23.0 Å². The van der Waals surface area contributed by atoms with Crippen molar-refractivity contribution < 1.29 is 4.79 Å². The molecule has 0 bridgehead atoms. The summed E-state index contributed by atoms with van der Waals surface area (Å²) in [6, 6.07) is 7.27. The summed E-state index contributed by atoms with van der Waals surface area (Å²) >= 11 is 6.70. The summed E-state index contributed by atoms with van der Waals surface area (Å²) in [4.78, 5) is 12.1. The first-order valence-corrected chi connectivity index (χ1v) is 6.99. The Bertz CT molecular complexity index is 580. The lowest BCUT2D eigenvalue weighted by Gasteiger charge is -2.04. The predicted molar refractivity (Wildman–Crippen MR) is 77.8 cm³/mol. The van der Waals surface area contributed by atoms with Crippen LogP contribution in [0, 0.1) is 0 Å². The Morgan fingerprint density at radius 2 is 2.17 bits per heavy atom. The molecule has 0 aliphatic rings. The number of nitrogens with one attached hydrogen (secondary N) is 2. The molecule has 0 radical (unpaired) electrons. The van der Waals surface area contributed by atoms with Crippen molar-refractivity contribution in [2.75, 3.05) is 5.32 Å². The van der Waals surface area contributed by atoms with E-state index in [1.54, 1.807) is 6.07 Å². The van der Waals surface area contributed by atoms with Gasteiger partial charge < -0.3 is 5.32 Å². The first kappa shape index (κ1) is 13.3. The Morgan fingerprint density at radius 1 is 1.39 bits per heavy atom. The van der Waals surface area contributed by atoms with Gasteiger partial charge in [0.05, 0.1) is 5.56 Å². The quantitative estimate of drug-likeness (QED) is 0.861. The SMILES string of the molecule is CCc1cc(NC(=O)c2cc(Br)ccc2Br)n[nH]1. The van der Waals surface area contributed by atoms with Gasteiger partial charge in [-0.2, -0.15) is 5.10 Å². The lowest BCUT2D eigenvalue weighted by Crippen LogP contribution is -2.12. The molecule has 0 spiro atoms. The molecule has 0 saturated heterocycles. The van der Waals surface area contributed by atoms with E-state index in [1.807, 2.05) is 25.1 Å². The third-order valence-corrected chi connectivity index (χ3v) is 3.61. The van der Waals surface area contributed by atoms with E-state index < -0.39 is 0 Å². The highest BCUT2D eigenvalue weighted by molar-refractivity contribution is 9.11. The van der Waals surface area contributed by atoms with Gasteiger partial charge in [0.2, 0.25) is 0 Å². The van der Waals surface area contributed by atoms with E-state index in [0.29, 0.717) is 11.4 Å². The lowest BCUT2D eigenvalue weighted by molar-refractivity contribution is 0.102. The summed E-state index contributed by atoms with van der Waals surface area (Å²) in [5, 5.41) is 9.62. The maximum Gasteiger partial charge on any atom is 0.258 e. The van der Waals surface area contributed by atoms with E-state index in [2.05, 4.69) is 47.4 Å². The number of nitrogens with zero attached hydrogens (tertiary/aromatic N) is 1. The van der Waals surface area contributed by atoms with Crippen molar-refractivity contribution in [3.63, 3.8) is 0 Å². The minimum Gasteiger partial charge on any atom is -0.305 e. The molecule has 94 valence electrons. The van der Waals surface area contributed by atoms with Crippen molar-refractivity contribution in [2.24, 2.45) is 0 Å². The van der Waals surface area contributed by atoms with Crippen LogP contribution in [-0.2, 0) is 6.42 Å². The Labute approximate surface area is 121 Å². The van der Waals surface area contributed by atoms with Crippen molar-refractivity contribution >= 4 is 43.6 Å². The van der Waals surface area contributed by atoms with Crippen LogP contribution in [0.4, 0.5) is 5.82 Å². The topological polar surface area (TPSA) is 57.8 Å². The number of anilines is 1. The van der Waals surface area contributed by atoms with Gasteiger partial charge in [0, 0.05) is 20.7 Å². The van der Waals surface area contributed by atoms with Crippen LogP contribution in [0.15, 0.2) is 33.2 Å². The zero-order chi connectivity index (χ0) is 13.1. The normalized spacial score (nSPS) is 10.4. The number of carbonyl (C=O) groups is 1. The second-order valence-electron chi connectivity index (χ2n) is 3.71. The molecule has 0 fully saturated rings. The van der Waals surface area contributed by atoms with Crippen LogP contribution in [0.2, 0.25) is 0 Å². The van der Waals surface area contributed by atoms with E-state index in [9.17, 15) is 4.79 Å². The van der Waals surface area contributed by atoms with Gasteiger partial charge in [-0.25, -0.2) is 0 Å². The molecule has 2 rings (SSSR count). The van der Waals surface area contributed by atoms with Crippen LogP contribution in [0.25, 0.3) is 0 Å². The van der Waals surface area contributed by atoms with Gasteiger partial charge in [-0.3, -0.25) is 9.89 Å². The molecule has 2 N–H and O–H groups in total. The Kier molecular flexibility index (Phi) is 4.19. The van der Waals surface area contributed by atoms with Crippen LogP contribution >= 0.6 is 31.9 Å². The van der Waals surface area contributed by atoms with Crippen molar-refractivity contribution in [2.45, 2.75) is 13.3 Å². The number of hydrogen-bond acceptors (Lipinski definition) is 2. The van der Waals surface area contributed by atoms with Crippen molar-refractivity contribution in [1.29, 1.82) is 0 Å². The van der Waals surface area contributed by atoms with Gasteiger partial charge in [-0.05, 0) is 40.5 Å². The van der Waals surface area contributed by atoms with E-state index in [0.717, 1.165) is 21.1 Å². The van der Waals surface area contributed by atoms with E-state index in [1.165, 1.54) is 0 Å². The maximum absolute atomic E-state index is 12.1. The summed E-state index contributed by atoms with van der Waals surface area (Å²) in [5.74, 6) is 0.334. The summed E-state index contributed by atoms with van der Waals surface area (Å²) in [7, 11) is 0. The molecule has 2 aromatic rings. The monoisotopic (exact) mass is 371 g/mol. The molecule has 18 heavy (non-hydrogen) atoms. The summed E-state index contributed by atoms with van der Waals surface area (Å²) < 4.78 is 1.60. The molecular formula is C12H11Br2N3O. The number of aryl methyl sites for hydroxylation is 1. The number of aromatic amines is 1. The molecule has 6 heteroatoms. The van der Waals surface area contributed by atoms with Crippen molar-refractivity contribution in [3.8, 4) is 0 Å². The number of amides is 1. The molecule has 0 unspecified atom stereocenters. The van der Waals surface area contributed by atoms with Gasteiger partial charge in [0.15, 0.2) is 5.82 Å². The van der Waals surface area contributed by atoms with Crippen molar-refractivity contribution in [1.82, 2.24) is 10.2 Å². The molecule has 1 heterocycles. The first-order valence-electron chi connectivity index (χ1n) is 5.41. The Hall–Kier alpha value is -1.14. The van der Waals surface area contributed by atoms with Gasteiger partial charge >= 0.3 is 0 Å². The van der Waals surface area contributed by atoms with Crippen LogP contribution in [-0.4, -0.2) is 16.1 Å². The third kappa shape index (κ3) is 3.00. The molecule has 0 aliphatic heterocycles. The average Bonchev–Trinajstić information content (AvgIpc) is 2.80. The van der Waals surface area contributed by atoms with Gasteiger partial charge in [0.25, 0.3) is 5.91 Å². The van der Waals surface area contributed by atoms with Crippen LogP contribution < -0.4 is 5.32 Å². The van der Waals surface area contributed by atoms with E-state index >= 15 is 0 Å². The molecule has 0 saturated carbocycles. The predicted octanol–water partition coefficient (Wildman–Crippen LogP) is 3.75. The lowest BCUT2D eigenvalue weighted by atomic mass is 10.2. The highest BCUT2D eigenvalue weighted by Gasteiger charge is 2.12. The number of carbonyl (C=O) groups excluding carboxylic acids is 1. The molecule has 0 atom stereocenters. The highest BCUT2D eigenvalue weighted by atomic mass is 79.9. The third-order valence-electron chi connectivity index (χ3n) is 2.43. The van der Waals surface area contributed by atoms with E-state index in [-0.39, 0.29) is 5.91 Å². The fourth-order valence-electron chi connectivity index (χ4n) is 1.46. The highest BCUT2D eigenvalue weighted by Crippen LogP contribution is 2.22. The van der Waals surface area contributed by atoms with E-state index in [4.69, 9.17) is 0 Å². The van der Waals surface area contributed by atoms with Crippen LogP contribution in [0.3, 0.4) is 0 Å². The molecular weight excluding hydrogens is 362 g/mol. The smallest absolute Gasteiger partial charge is 0.258 e. The number of hydrogen-bond donors (Lipinski definition) is 2. The fourth-order valence-corrected chi connectivity index (χ4v) is 2.25. The molecule has 1 aromatic heterocycles. The van der Waals surface area contributed by atoms with Gasteiger partial charge in [-0.1, -0.05) is 22.9 Å². The Morgan fingerprint density at radius 3 is 2.83 bits per heavy atom. The standard InChI is InChI=1S/C12H11Br2N3O/c1-2-8-6-11(17-16-8)15-12(18)9-5-7(13)3-4-10(9)14/h3-6H,2H2,1H3,(H2,15,16,17,18). The summed E-state index contributed by atoms with van der Waals surface area (Å²) in [6.45, 7) is 2.02. The second-order valence-corrected chi connectivity index (χ2v) is 5.48. The molecule has 0 aliphatic carbocycles. The molecule has 1 aromatic carbocycles. The number of benzene rings is 1. The van der Waals surface area contributed by atoms with Gasteiger partial charge in [0.1, 0.15) is 0 Å². The fraction of sp³-hybridized carbons (Fsp3) is 0.167. The largest absolute Gasteiger partial charge is 0.305 e. The second kappa shape index (κ2) is 5.67. The number of H-pyrrole nitrogens is 1. The molecule has 4 nitrogen and oxygen atoms in total. The summed E-state index contributed by atoms with van der Waals surface area (Å²) in [6.07, 6.45) is 0.851. The van der Waals surface area contributed by atoms with Crippen molar-refractivity contribution in [3.05, 3.63) is 44.5 Å². The number of rotatable bonds is 3. The zero-order valence-corrected chi connectivity index (χ0v) is 12.8. The maximum atomic E-state index is 12.1. The number of aromatic nitrogens is 2. The zero-order valence-electron chi connectivity index (χ0n) is 9.63. The average molecular weight is 373 g/mol.